The van der Waals surface area contributed by atoms with E-state index in [1.807, 2.05) is 78.9 Å². The molecule has 3 aromatic carbocycles. The molecule has 0 aliphatic carbocycles. The van der Waals surface area contributed by atoms with Gasteiger partial charge in [0.1, 0.15) is 5.69 Å². The highest BCUT2D eigenvalue weighted by molar-refractivity contribution is 6.16. The maximum Gasteiger partial charge on any atom is 0.416 e. The fraction of sp³-hybridized carbons (Fsp3) is 0.265. The van der Waals surface area contributed by atoms with E-state index in [-0.39, 0.29) is 5.91 Å². The predicted octanol–water partition coefficient (Wildman–Crippen LogP) is 5.85. The van der Waals surface area contributed by atoms with Crippen LogP contribution in [0, 0.1) is 0 Å². The standard InChI is InChI=1S/C34H32F3N5O/c35-34(36,37)28-15-17-29(18-16-28)41-24-22-40(23-25-41)20-9-21-42-31(30-14-7-8-19-38-30)39-33(32(42)43,26-10-3-1-4-11-26)27-12-5-2-6-13-27/h1-8,10-19H,9,20-25H2. The highest BCUT2D eigenvalue weighted by Gasteiger charge is 2.51. The van der Waals surface area contributed by atoms with Crippen LogP contribution in [0.25, 0.3) is 0 Å². The van der Waals surface area contributed by atoms with Crippen LogP contribution < -0.4 is 4.90 Å². The fourth-order valence-corrected chi connectivity index (χ4v) is 5.90. The van der Waals surface area contributed by atoms with Gasteiger partial charge in [0.25, 0.3) is 5.91 Å². The average Bonchev–Trinajstić information content (AvgIpc) is 3.35. The van der Waals surface area contributed by atoms with E-state index in [4.69, 9.17) is 4.99 Å². The highest BCUT2D eigenvalue weighted by atomic mass is 19.4. The topological polar surface area (TPSA) is 52.0 Å². The van der Waals surface area contributed by atoms with Gasteiger partial charge in [-0.2, -0.15) is 13.2 Å². The van der Waals surface area contributed by atoms with Gasteiger partial charge in [0.05, 0.1) is 5.56 Å². The normalized spacial score (nSPS) is 17.3. The molecule has 1 saturated heterocycles. The molecular weight excluding hydrogens is 551 g/mol. The number of alkyl halides is 3. The van der Waals surface area contributed by atoms with Crippen LogP contribution in [0.1, 0.15) is 28.8 Å². The van der Waals surface area contributed by atoms with Crippen molar-refractivity contribution in [3.05, 3.63) is 132 Å². The Bertz CT molecular complexity index is 1510. The quantitative estimate of drug-likeness (QED) is 0.261. The molecule has 0 unspecified atom stereocenters. The molecule has 0 N–H and O–H groups in total. The smallest absolute Gasteiger partial charge is 0.369 e. The summed E-state index contributed by atoms with van der Waals surface area (Å²) in [4.78, 5) is 30.4. The summed E-state index contributed by atoms with van der Waals surface area (Å²) < 4.78 is 38.8. The molecule has 9 heteroatoms. The molecule has 3 heterocycles. The number of anilines is 1. The lowest BCUT2D eigenvalue weighted by Gasteiger charge is -2.36. The second-order valence-corrected chi connectivity index (χ2v) is 10.8. The number of amidine groups is 1. The van der Waals surface area contributed by atoms with E-state index in [1.54, 1.807) is 23.2 Å². The first-order valence-corrected chi connectivity index (χ1v) is 14.4. The van der Waals surface area contributed by atoms with Gasteiger partial charge in [0.15, 0.2) is 11.4 Å². The molecule has 0 atom stereocenters. The van der Waals surface area contributed by atoms with Crippen molar-refractivity contribution < 1.29 is 18.0 Å². The van der Waals surface area contributed by atoms with Crippen LogP contribution >= 0.6 is 0 Å². The summed E-state index contributed by atoms with van der Waals surface area (Å²) >= 11 is 0. The maximum absolute atomic E-state index is 14.5. The number of aliphatic imine (C=N–C) groups is 1. The van der Waals surface area contributed by atoms with Gasteiger partial charge in [-0.15, -0.1) is 0 Å². The third kappa shape index (κ3) is 5.77. The zero-order valence-electron chi connectivity index (χ0n) is 23.6. The Labute approximate surface area is 249 Å². The molecule has 4 aromatic rings. The zero-order valence-corrected chi connectivity index (χ0v) is 23.6. The summed E-state index contributed by atoms with van der Waals surface area (Å²) in [6, 6.07) is 30.4. The lowest BCUT2D eigenvalue weighted by molar-refractivity contribution is -0.137. The Balaban J connectivity index is 1.17. The van der Waals surface area contributed by atoms with E-state index in [2.05, 4.69) is 14.8 Å². The van der Waals surface area contributed by atoms with Crippen molar-refractivity contribution in [2.45, 2.75) is 18.1 Å². The van der Waals surface area contributed by atoms with Crippen LogP contribution in [0.2, 0.25) is 0 Å². The Morgan fingerprint density at radius 3 is 1.88 bits per heavy atom. The Morgan fingerprint density at radius 2 is 1.33 bits per heavy atom. The maximum atomic E-state index is 14.5. The summed E-state index contributed by atoms with van der Waals surface area (Å²) in [7, 11) is 0. The number of hydrogen-bond acceptors (Lipinski definition) is 5. The van der Waals surface area contributed by atoms with Crippen LogP contribution in [-0.4, -0.2) is 65.8 Å². The van der Waals surface area contributed by atoms with Gasteiger partial charge in [0.2, 0.25) is 0 Å². The third-order valence-corrected chi connectivity index (χ3v) is 8.15. The number of carbonyl (C=O) groups excluding carboxylic acids is 1. The van der Waals surface area contributed by atoms with Gasteiger partial charge in [-0.1, -0.05) is 66.7 Å². The van der Waals surface area contributed by atoms with Crippen LogP contribution in [0.15, 0.2) is 114 Å². The second kappa shape index (κ2) is 12.0. The molecule has 6 rings (SSSR count). The molecule has 220 valence electrons. The Hall–Kier alpha value is -4.50. The molecule has 0 saturated carbocycles. The van der Waals surface area contributed by atoms with Crippen LogP contribution in [-0.2, 0) is 16.5 Å². The van der Waals surface area contributed by atoms with Crippen molar-refractivity contribution in [3.63, 3.8) is 0 Å². The number of pyridine rings is 1. The van der Waals surface area contributed by atoms with E-state index in [9.17, 15) is 18.0 Å². The molecular formula is C34H32F3N5O. The molecule has 2 aliphatic heterocycles. The number of hydrogen-bond donors (Lipinski definition) is 0. The molecule has 6 nitrogen and oxygen atoms in total. The first kappa shape index (κ1) is 28.6. The van der Waals surface area contributed by atoms with Crippen LogP contribution in [0.3, 0.4) is 0 Å². The number of carbonyl (C=O) groups is 1. The number of piperazine rings is 1. The van der Waals surface area contributed by atoms with E-state index in [0.29, 0.717) is 18.1 Å². The Morgan fingerprint density at radius 1 is 0.721 bits per heavy atom. The minimum Gasteiger partial charge on any atom is -0.369 e. The minimum atomic E-state index is -4.34. The second-order valence-electron chi connectivity index (χ2n) is 10.8. The van der Waals surface area contributed by atoms with Gasteiger partial charge in [-0.25, -0.2) is 4.99 Å². The van der Waals surface area contributed by atoms with Gasteiger partial charge in [-0.3, -0.25) is 19.6 Å². The van der Waals surface area contributed by atoms with Crippen LogP contribution in [0.5, 0.6) is 0 Å². The van der Waals surface area contributed by atoms with Gasteiger partial charge < -0.3 is 4.90 Å². The van der Waals surface area contributed by atoms with Crippen molar-refractivity contribution in [1.82, 2.24) is 14.8 Å². The lowest BCUT2D eigenvalue weighted by Crippen LogP contribution is -2.47. The van der Waals surface area contributed by atoms with Gasteiger partial charge in [0, 0.05) is 44.6 Å². The van der Waals surface area contributed by atoms with E-state index in [1.165, 1.54) is 0 Å². The minimum absolute atomic E-state index is 0.0994. The molecule has 43 heavy (non-hydrogen) atoms. The summed E-state index contributed by atoms with van der Waals surface area (Å²) in [6.45, 7) is 4.28. The largest absolute Gasteiger partial charge is 0.416 e. The molecule has 1 aromatic heterocycles. The van der Waals surface area contributed by atoms with Crippen molar-refractivity contribution >= 4 is 17.4 Å². The zero-order chi connectivity index (χ0) is 29.9. The summed E-state index contributed by atoms with van der Waals surface area (Å²) in [5.74, 6) is 0.461. The van der Waals surface area contributed by atoms with Crippen molar-refractivity contribution in [2.75, 3.05) is 44.2 Å². The molecule has 0 radical (unpaired) electrons. The van der Waals surface area contributed by atoms with Crippen molar-refractivity contribution in [2.24, 2.45) is 4.99 Å². The summed E-state index contributed by atoms with van der Waals surface area (Å²) in [5, 5.41) is 0. The third-order valence-electron chi connectivity index (χ3n) is 8.15. The monoisotopic (exact) mass is 583 g/mol. The SMILES string of the molecule is O=C1N(CCCN2CCN(c3ccc(C(F)(F)F)cc3)CC2)C(c2ccccn2)=NC1(c1ccccc1)c1ccccc1. The number of rotatable bonds is 8. The number of benzene rings is 3. The van der Waals surface area contributed by atoms with Crippen LogP contribution in [0.4, 0.5) is 18.9 Å². The Kier molecular flexibility index (Phi) is 7.99. The molecule has 1 amide bonds. The van der Waals surface area contributed by atoms with Crippen molar-refractivity contribution in [3.8, 4) is 0 Å². The first-order chi connectivity index (χ1) is 20.9. The molecule has 0 spiro atoms. The fourth-order valence-electron chi connectivity index (χ4n) is 5.90. The number of halogens is 3. The summed E-state index contributed by atoms with van der Waals surface area (Å²) in [6.07, 6.45) is -1.89. The summed E-state index contributed by atoms with van der Waals surface area (Å²) in [5.41, 5.74) is 1.22. The van der Waals surface area contributed by atoms with Gasteiger partial charge in [-0.05, 0) is 60.5 Å². The lowest BCUT2D eigenvalue weighted by atomic mass is 9.83. The molecule has 1 fully saturated rings. The van der Waals surface area contributed by atoms with E-state index >= 15 is 0 Å². The predicted molar refractivity (Wildman–Crippen MR) is 161 cm³/mol. The highest BCUT2D eigenvalue weighted by Crippen LogP contribution is 2.41. The van der Waals surface area contributed by atoms with Gasteiger partial charge >= 0.3 is 6.18 Å². The number of aromatic nitrogens is 1. The molecule has 0 bridgehead atoms. The van der Waals surface area contributed by atoms with Crippen molar-refractivity contribution in [1.29, 1.82) is 0 Å². The first-order valence-electron chi connectivity index (χ1n) is 14.4. The molecule has 2 aliphatic rings. The average molecular weight is 584 g/mol. The number of nitrogens with zero attached hydrogens (tertiary/aromatic N) is 5. The number of amides is 1. The van der Waals surface area contributed by atoms with E-state index in [0.717, 1.165) is 68.1 Å². The van der Waals surface area contributed by atoms with E-state index < -0.39 is 17.3 Å².